The van der Waals surface area contributed by atoms with Crippen LogP contribution in [0.4, 0.5) is 0 Å². The van der Waals surface area contributed by atoms with Gasteiger partial charge in [-0.25, -0.2) is 4.79 Å². The third-order valence-corrected chi connectivity index (χ3v) is 4.92. The van der Waals surface area contributed by atoms with Crippen molar-refractivity contribution >= 4 is 35.4 Å². The van der Waals surface area contributed by atoms with Crippen molar-refractivity contribution in [1.29, 1.82) is 0 Å². The van der Waals surface area contributed by atoms with Gasteiger partial charge in [0.15, 0.2) is 0 Å². The van der Waals surface area contributed by atoms with Crippen molar-refractivity contribution in [3.05, 3.63) is 29.3 Å². The van der Waals surface area contributed by atoms with E-state index in [0.717, 1.165) is 10.6 Å². The first-order chi connectivity index (χ1) is 10.5. The van der Waals surface area contributed by atoms with Crippen LogP contribution in [0.25, 0.3) is 0 Å². The van der Waals surface area contributed by atoms with Crippen molar-refractivity contribution in [2.24, 2.45) is 0 Å². The second kappa shape index (κ2) is 9.79. The Morgan fingerprint density at radius 2 is 2.00 bits per heavy atom. The minimum atomic E-state index is -0.565. The molecular weight excluding hydrogens is 318 g/mol. The lowest BCUT2D eigenvalue weighted by atomic mass is 10.1. The molecule has 0 aromatic heterocycles. The first-order valence-corrected chi connectivity index (χ1v) is 9.42. The fraction of sp³-hybridized carbons (Fsp3) is 0.500. The number of nitrogens with one attached hydrogen (secondary N) is 1. The van der Waals surface area contributed by atoms with Crippen molar-refractivity contribution in [2.75, 3.05) is 24.9 Å². The van der Waals surface area contributed by atoms with Crippen LogP contribution in [0.2, 0.25) is 0 Å². The standard InChI is InChI=1S/C16H23NO3S2/c1-11-5-6-13(9-12(11)2)22-10-15(18)17-14(7-8-21-4)16(19)20-3/h5-6,9,14H,7-8,10H2,1-4H3,(H,17,18)/t14-/m0/s1. The van der Waals surface area contributed by atoms with E-state index < -0.39 is 12.0 Å². The molecular formula is C16H23NO3S2. The summed E-state index contributed by atoms with van der Waals surface area (Å²) in [6.07, 6.45) is 2.54. The first-order valence-electron chi connectivity index (χ1n) is 7.04. The number of esters is 1. The third-order valence-electron chi connectivity index (χ3n) is 3.28. The molecule has 0 radical (unpaired) electrons. The highest BCUT2D eigenvalue weighted by atomic mass is 32.2. The van der Waals surface area contributed by atoms with Gasteiger partial charge >= 0.3 is 5.97 Å². The largest absolute Gasteiger partial charge is 0.467 e. The molecule has 0 spiro atoms. The molecule has 1 atom stereocenters. The van der Waals surface area contributed by atoms with Gasteiger partial charge < -0.3 is 10.1 Å². The molecule has 6 heteroatoms. The number of hydrogen-bond donors (Lipinski definition) is 1. The number of ether oxygens (including phenoxy) is 1. The minimum absolute atomic E-state index is 0.153. The number of hydrogen-bond acceptors (Lipinski definition) is 5. The fourth-order valence-corrected chi connectivity index (χ4v) is 3.09. The molecule has 22 heavy (non-hydrogen) atoms. The number of benzene rings is 1. The van der Waals surface area contributed by atoms with E-state index in [4.69, 9.17) is 4.74 Å². The number of thioether (sulfide) groups is 2. The molecule has 0 bridgehead atoms. The summed E-state index contributed by atoms with van der Waals surface area (Å²) in [5.74, 6) is 0.540. The van der Waals surface area contributed by atoms with E-state index in [9.17, 15) is 9.59 Å². The average molecular weight is 341 g/mol. The summed E-state index contributed by atoms with van der Waals surface area (Å²) in [7, 11) is 1.34. The second-order valence-electron chi connectivity index (χ2n) is 4.96. The van der Waals surface area contributed by atoms with E-state index in [1.54, 1.807) is 11.8 Å². The lowest BCUT2D eigenvalue weighted by molar-refractivity contribution is -0.144. The van der Waals surface area contributed by atoms with Gasteiger partial charge in [-0.3, -0.25) is 4.79 Å². The zero-order valence-electron chi connectivity index (χ0n) is 13.5. The van der Waals surface area contributed by atoms with Gasteiger partial charge in [0.1, 0.15) is 6.04 Å². The zero-order valence-corrected chi connectivity index (χ0v) is 15.1. The zero-order chi connectivity index (χ0) is 16.5. The normalized spacial score (nSPS) is 11.8. The van der Waals surface area contributed by atoms with Crippen LogP contribution in [0.3, 0.4) is 0 Å². The molecule has 0 aliphatic heterocycles. The predicted octanol–water partition coefficient (Wildman–Crippen LogP) is 2.81. The van der Waals surface area contributed by atoms with Crippen LogP contribution < -0.4 is 5.32 Å². The summed E-state index contributed by atoms with van der Waals surface area (Å²) in [6.45, 7) is 4.11. The summed E-state index contributed by atoms with van der Waals surface area (Å²) in [5, 5.41) is 2.75. The highest BCUT2D eigenvalue weighted by molar-refractivity contribution is 8.00. The molecule has 1 amide bonds. The van der Waals surface area contributed by atoms with E-state index in [0.29, 0.717) is 6.42 Å². The number of methoxy groups -OCH3 is 1. The van der Waals surface area contributed by atoms with Crippen LogP contribution in [0.5, 0.6) is 0 Å². The summed E-state index contributed by atoms with van der Waals surface area (Å²) < 4.78 is 4.73. The molecule has 1 rings (SSSR count). The number of rotatable bonds is 8. The molecule has 0 unspecified atom stereocenters. The van der Waals surface area contributed by atoms with E-state index in [1.165, 1.54) is 30.0 Å². The van der Waals surface area contributed by atoms with Gasteiger partial charge in [0.25, 0.3) is 0 Å². The van der Waals surface area contributed by atoms with E-state index in [-0.39, 0.29) is 11.7 Å². The first kappa shape index (κ1) is 18.9. The highest BCUT2D eigenvalue weighted by Crippen LogP contribution is 2.20. The summed E-state index contributed by atoms with van der Waals surface area (Å²) >= 11 is 3.10. The molecule has 0 aliphatic carbocycles. The van der Waals surface area contributed by atoms with Crippen LogP contribution in [0.1, 0.15) is 17.5 Å². The summed E-state index contributed by atoms with van der Waals surface area (Å²) in [4.78, 5) is 24.7. The van der Waals surface area contributed by atoms with E-state index in [2.05, 4.69) is 25.2 Å². The maximum Gasteiger partial charge on any atom is 0.328 e. The number of amides is 1. The Balaban J connectivity index is 2.52. The van der Waals surface area contributed by atoms with Crippen LogP contribution in [0.15, 0.2) is 23.1 Å². The lowest BCUT2D eigenvalue weighted by Crippen LogP contribution is -2.42. The van der Waals surface area contributed by atoms with E-state index in [1.807, 2.05) is 18.4 Å². The van der Waals surface area contributed by atoms with Crippen molar-refractivity contribution in [1.82, 2.24) is 5.32 Å². The van der Waals surface area contributed by atoms with Gasteiger partial charge in [-0.15, -0.1) is 11.8 Å². The van der Waals surface area contributed by atoms with Crippen molar-refractivity contribution in [3.63, 3.8) is 0 Å². The molecule has 0 aliphatic rings. The molecule has 1 aromatic carbocycles. The number of carbonyl (C=O) groups is 2. The van der Waals surface area contributed by atoms with Crippen molar-refractivity contribution in [3.8, 4) is 0 Å². The minimum Gasteiger partial charge on any atom is -0.467 e. The average Bonchev–Trinajstić information content (AvgIpc) is 2.51. The topological polar surface area (TPSA) is 55.4 Å². The molecule has 122 valence electrons. The lowest BCUT2D eigenvalue weighted by Gasteiger charge is -2.16. The highest BCUT2D eigenvalue weighted by Gasteiger charge is 2.20. The summed E-state index contributed by atoms with van der Waals surface area (Å²) in [6, 6.07) is 5.56. The maximum atomic E-state index is 12.0. The maximum absolute atomic E-state index is 12.0. The van der Waals surface area contributed by atoms with Gasteiger partial charge in [-0.05, 0) is 55.5 Å². The fourth-order valence-electron chi connectivity index (χ4n) is 1.82. The molecule has 0 heterocycles. The summed E-state index contributed by atoms with van der Waals surface area (Å²) in [5.41, 5.74) is 2.44. The van der Waals surface area contributed by atoms with Gasteiger partial charge in [0.05, 0.1) is 12.9 Å². The van der Waals surface area contributed by atoms with Crippen molar-refractivity contribution < 1.29 is 14.3 Å². The quantitative estimate of drug-likeness (QED) is 0.582. The molecule has 0 saturated heterocycles. The molecule has 1 N–H and O–H groups in total. The Kier molecular flexibility index (Phi) is 8.42. The molecule has 0 fully saturated rings. The second-order valence-corrected chi connectivity index (χ2v) is 6.99. The van der Waals surface area contributed by atoms with Gasteiger partial charge in [0, 0.05) is 4.90 Å². The molecule has 4 nitrogen and oxygen atoms in total. The molecule has 0 saturated carbocycles. The Hall–Kier alpha value is -1.14. The Morgan fingerprint density at radius 1 is 1.27 bits per heavy atom. The number of carbonyl (C=O) groups excluding carboxylic acids is 2. The predicted molar refractivity (Wildman–Crippen MR) is 93.6 cm³/mol. The SMILES string of the molecule is COC(=O)[C@H](CCSC)NC(=O)CSc1ccc(C)c(C)c1. The van der Waals surface area contributed by atoms with Gasteiger partial charge in [-0.1, -0.05) is 6.07 Å². The van der Waals surface area contributed by atoms with E-state index >= 15 is 0 Å². The number of aryl methyl sites for hydroxylation is 2. The van der Waals surface area contributed by atoms with Crippen LogP contribution >= 0.6 is 23.5 Å². The van der Waals surface area contributed by atoms with Crippen LogP contribution in [-0.2, 0) is 14.3 Å². The third kappa shape index (κ3) is 6.32. The van der Waals surface area contributed by atoms with Gasteiger partial charge in [0.2, 0.25) is 5.91 Å². The Bertz CT molecular complexity index is 520. The van der Waals surface area contributed by atoms with Crippen molar-refractivity contribution in [2.45, 2.75) is 31.2 Å². The molecule has 1 aromatic rings. The van der Waals surface area contributed by atoms with Crippen LogP contribution in [0, 0.1) is 13.8 Å². The smallest absolute Gasteiger partial charge is 0.328 e. The Labute approximate surface area is 140 Å². The van der Waals surface area contributed by atoms with Gasteiger partial charge in [-0.2, -0.15) is 11.8 Å². The Morgan fingerprint density at radius 3 is 2.59 bits per heavy atom. The van der Waals surface area contributed by atoms with Crippen LogP contribution in [-0.4, -0.2) is 42.8 Å². The monoisotopic (exact) mass is 341 g/mol.